The molecular weight excluding hydrogens is 516 g/mol. The van der Waals surface area contributed by atoms with Gasteiger partial charge in [0.2, 0.25) is 0 Å². The van der Waals surface area contributed by atoms with E-state index in [0.717, 1.165) is 28.0 Å². The van der Waals surface area contributed by atoms with Crippen LogP contribution in [0.4, 0.5) is 0 Å². The van der Waals surface area contributed by atoms with E-state index in [0.29, 0.717) is 26.2 Å². The fourth-order valence-corrected chi connectivity index (χ4v) is 5.19. The number of aliphatic hydroxyl groups is 1. The zero-order valence-corrected chi connectivity index (χ0v) is 23.4. The summed E-state index contributed by atoms with van der Waals surface area (Å²) in [5.74, 6) is 0.754. The van der Waals surface area contributed by atoms with E-state index < -0.39 is 30.5 Å². The number of benzene rings is 4. The van der Waals surface area contributed by atoms with Crippen molar-refractivity contribution in [3.63, 3.8) is 0 Å². The summed E-state index contributed by atoms with van der Waals surface area (Å²) < 4.78 is 31.3. The van der Waals surface area contributed by atoms with Crippen LogP contribution in [0.25, 0.3) is 0 Å². The number of methoxy groups -OCH3 is 1. The number of ether oxygens (including phenoxy) is 5. The Morgan fingerprint density at radius 1 is 0.610 bits per heavy atom. The lowest BCUT2D eigenvalue weighted by Gasteiger charge is -2.44. The summed E-state index contributed by atoms with van der Waals surface area (Å²) in [5, 5.41) is 11.7. The van der Waals surface area contributed by atoms with E-state index >= 15 is 0 Å². The molecule has 1 aliphatic heterocycles. The Balaban J connectivity index is 1.39. The number of hydrogen-bond acceptors (Lipinski definition) is 6. The van der Waals surface area contributed by atoms with E-state index in [1.165, 1.54) is 0 Å². The monoisotopic (exact) mass is 554 g/mol. The second-order valence-corrected chi connectivity index (χ2v) is 10.2. The molecule has 4 aromatic carbocycles. The largest absolute Gasteiger partial charge is 0.496 e. The van der Waals surface area contributed by atoms with Crippen molar-refractivity contribution >= 4 is 0 Å². The smallest absolute Gasteiger partial charge is 0.122 e. The molecule has 1 N–H and O–H groups in total. The van der Waals surface area contributed by atoms with Crippen molar-refractivity contribution in [1.82, 2.24) is 0 Å². The number of aliphatic hydroxyl groups excluding tert-OH is 1. The minimum Gasteiger partial charge on any atom is -0.496 e. The number of para-hydroxylation sites is 1. The molecule has 0 radical (unpaired) electrons. The highest BCUT2D eigenvalue weighted by Gasteiger charge is 2.47. The van der Waals surface area contributed by atoms with Gasteiger partial charge in [-0.1, -0.05) is 109 Å². The fourth-order valence-electron chi connectivity index (χ4n) is 5.19. The fraction of sp³-hybridized carbons (Fsp3) is 0.314. The molecule has 3 unspecified atom stereocenters. The Kier molecular flexibility index (Phi) is 10.5. The molecule has 0 aromatic heterocycles. The van der Waals surface area contributed by atoms with Crippen molar-refractivity contribution in [2.75, 3.05) is 13.7 Å². The summed E-state index contributed by atoms with van der Waals surface area (Å²) in [7, 11) is 1.65. The highest BCUT2D eigenvalue weighted by Crippen LogP contribution is 2.31. The zero-order chi connectivity index (χ0) is 28.3. The molecule has 5 rings (SSSR count). The Labute approximate surface area is 242 Å². The van der Waals surface area contributed by atoms with Gasteiger partial charge in [-0.2, -0.15) is 0 Å². The van der Waals surface area contributed by atoms with Gasteiger partial charge in [0.1, 0.15) is 30.2 Å². The third-order valence-electron chi connectivity index (χ3n) is 7.34. The predicted octanol–water partition coefficient (Wildman–Crippen LogP) is 5.75. The third-order valence-corrected chi connectivity index (χ3v) is 7.34. The summed E-state index contributed by atoms with van der Waals surface area (Å²) >= 11 is 0. The summed E-state index contributed by atoms with van der Waals surface area (Å²) in [5.41, 5.74) is 4.08. The first-order valence-corrected chi connectivity index (χ1v) is 14.1. The van der Waals surface area contributed by atoms with Crippen LogP contribution in [0.1, 0.15) is 22.3 Å². The minimum atomic E-state index is -0.935. The van der Waals surface area contributed by atoms with Crippen LogP contribution < -0.4 is 4.74 Å². The molecule has 1 fully saturated rings. The van der Waals surface area contributed by atoms with E-state index in [4.69, 9.17) is 23.7 Å². The number of rotatable bonds is 13. The van der Waals surface area contributed by atoms with Gasteiger partial charge in [-0.25, -0.2) is 0 Å². The molecule has 41 heavy (non-hydrogen) atoms. The molecule has 5 atom stereocenters. The van der Waals surface area contributed by atoms with Gasteiger partial charge >= 0.3 is 0 Å². The molecular formula is C35H38O6. The third kappa shape index (κ3) is 8.03. The molecule has 1 saturated heterocycles. The Morgan fingerprint density at radius 3 is 1.71 bits per heavy atom. The first-order valence-electron chi connectivity index (χ1n) is 14.1. The quantitative estimate of drug-likeness (QED) is 0.227. The maximum atomic E-state index is 11.7. The highest BCUT2D eigenvalue weighted by molar-refractivity contribution is 5.34. The molecule has 214 valence electrons. The van der Waals surface area contributed by atoms with E-state index in [1.807, 2.05) is 115 Å². The normalized spacial score (nSPS) is 22.3. The van der Waals surface area contributed by atoms with Gasteiger partial charge in [-0.3, -0.25) is 0 Å². The lowest BCUT2D eigenvalue weighted by molar-refractivity contribution is -0.260. The number of hydrogen-bond donors (Lipinski definition) is 1. The summed E-state index contributed by atoms with van der Waals surface area (Å²) in [6.07, 6.45) is -2.69. The molecule has 0 saturated carbocycles. The Morgan fingerprint density at radius 2 is 1.12 bits per heavy atom. The molecule has 6 heteroatoms. The summed E-state index contributed by atoms with van der Waals surface area (Å²) in [6, 6.07) is 37.8. The van der Waals surface area contributed by atoms with Crippen LogP contribution in [0.15, 0.2) is 115 Å². The molecule has 1 aliphatic rings. The van der Waals surface area contributed by atoms with Gasteiger partial charge in [-0.05, 0) is 28.3 Å². The molecule has 0 amide bonds. The van der Waals surface area contributed by atoms with E-state index in [2.05, 4.69) is 0 Å². The molecule has 6 nitrogen and oxygen atoms in total. The first-order chi connectivity index (χ1) is 20.2. The summed E-state index contributed by atoms with van der Waals surface area (Å²) in [4.78, 5) is 0. The van der Waals surface area contributed by atoms with Crippen LogP contribution in [0, 0.1) is 0 Å². The minimum absolute atomic E-state index is 0.286. The average molecular weight is 555 g/mol. The van der Waals surface area contributed by atoms with Crippen LogP contribution in [-0.4, -0.2) is 49.3 Å². The van der Waals surface area contributed by atoms with Crippen LogP contribution in [0.2, 0.25) is 0 Å². The molecule has 1 heterocycles. The molecule has 0 bridgehead atoms. The lowest BCUT2D eigenvalue weighted by Crippen LogP contribution is -2.60. The second kappa shape index (κ2) is 14.9. The van der Waals surface area contributed by atoms with Gasteiger partial charge in [-0.15, -0.1) is 0 Å². The van der Waals surface area contributed by atoms with Crippen molar-refractivity contribution in [3.8, 4) is 5.75 Å². The van der Waals surface area contributed by atoms with Crippen molar-refractivity contribution in [3.05, 3.63) is 138 Å². The average Bonchev–Trinajstić information content (AvgIpc) is 3.03. The van der Waals surface area contributed by atoms with Gasteiger partial charge in [0.05, 0.1) is 39.6 Å². The Hall–Kier alpha value is -3.52. The van der Waals surface area contributed by atoms with Crippen molar-refractivity contribution in [2.45, 2.75) is 56.8 Å². The molecule has 0 spiro atoms. The van der Waals surface area contributed by atoms with Crippen LogP contribution in [0.5, 0.6) is 5.75 Å². The topological polar surface area (TPSA) is 66.4 Å². The zero-order valence-electron chi connectivity index (χ0n) is 23.4. The van der Waals surface area contributed by atoms with Crippen molar-refractivity contribution in [2.24, 2.45) is 0 Å². The van der Waals surface area contributed by atoms with Gasteiger partial charge in [0.25, 0.3) is 0 Å². The maximum absolute atomic E-state index is 11.7. The van der Waals surface area contributed by atoms with E-state index in [1.54, 1.807) is 7.11 Å². The second-order valence-electron chi connectivity index (χ2n) is 10.2. The van der Waals surface area contributed by atoms with Crippen molar-refractivity contribution in [1.29, 1.82) is 0 Å². The first kappa shape index (κ1) is 29.0. The van der Waals surface area contributed by atoms with Gasteiger partial charge in [0.15, 0.2) is 0 Å². The van der Waals surface area contributed by atoms with Crippen LogP contribution in [0.3, 0.4) is 0 Å². The lowest BCUT2D eigenvalue weighted by atomic mass is 9.90. The highest BCUT2D eigenvalue weighted by atomic mass is 16.6. The maximum Gasteiger partial charge on any atom is 0.122 e. The van der Waals surface area contributed by atoms with E-state index in [9.17, 15) is 5.11 Å². The van der Waals surface area contributed by atoms with Crippen LogP contribution in [-0.2, 0) is 45.2 Å². The molecule has 4 aromatic rings. The Bertz CT molecular complexity index is 1300. The predicted molar refractivity (Wildman–Crippen MR) is 158 cm³/mol. The van der Waals surface area contributed by atoms with Crippen LogP contribution >= 0.6 is 0 Å². The SMILES string of the molecule is COc1ccccc1C[C@@H]1OC(COCc2ccccc2)[C@@H](OCc2ccccc2)C(OCc2ccccc2)C1O. The van der Waals surface area contributed by atoms with Gasteiger partial charge < -0.3 is 28.8 Å². The standard InChI is InChI=1S/C35H38O6/c1-37-30-20-12-11-19-29(30)21-31-33(36)35(40-24-28-17-9-4-10-18-28)34(39-23-27-15-7-3-8-16-27)32(41-31)25-38-22-26-13-5-2-6-14-26/h2-20,31-36H,21-25H2,1H3/t31-,32?,33?,34+,35?/m0/s1. The molecule has 0 aliphatic carbocycles. The summed E-state index contributed by atoms with van der Waals surface area (Å²) in [6.45, 7) is 1.43. The van der Waals surface area contributed by atoms with E-state index in [-0.39, 0.29) is 6.61 Å². The van der Waals surface area contributed by atoms with Gasteiger partial charge in [0, 0.05) is 6.42 Å². The van der Waals surface area contributed by atoms with Crippen molar-refractivity contribution < 1.29 is 28.8 Å².